The Morgan fingerprint density at radius 3 is 2.57 bits per heavy atom. The van der Waals surface area contributed by atoms with Gasteiger partial charge in [0.2, 0.25) is 5.88 Å². The van der Waals surface area contributed by atoms with E-state index < -0.39 is 4.92 Å². The summed E-state index contributed by atoms with van der Waals surface area (Å²) < 4.78 is 9.50. The summed E-state index contributed by atoms with van der Waals surface area (Å²) >= 11 is 0. The Balaban J connectivity index is 3.34. The number of hydrogen-bond donors (Lipinski definition) is 1. The molecule has 0 saturated heterocycles. The van der Waals surface area contributed by atoms with Crippen LogP contribution in [0.2, 0.25) is 0 Å². The van der Waals surface area contributed by atoms with Gasteiger partial charge in [0.05, 0.1) is 19.1 Å². The van der Waals surface area contributed by atoms with Gasteiger partial charge in [-0.25, -0.2) is 0 Å². The van der Waals surface area contributed by atoms with Crippen LogP contribution in [0, 0.1) is 10.1 Å². The van der Waals surface area contributed by atoms with E-state index in [2.05, 4.69) is 4.98 Å². The van der Waals surface area contributed by atoms with Crippen LogP contribution in [-0.4, -0.2) is 24.1 Å². The second-order valence-electron chi connectivity index (χ2n) is 2.37. The molecule has 0 spiro atoms. The number of pyridine rings is 1. The summed E-state index contributed by atoms with van der Waals surface area (Å²) in [5.41, 5.74) is 5.04. The number of hydrogen-bond acceptors (Lipinski definition) is 6. The lowest BCUT2D eigenvalue weighted by Crippen LogP contribution is -2.02. The van der Waals surface area contributed by atoms with E-state index in [0.29, 0.717) is 0 Å². The first-order chi connectivity index (χ1) is 6.60. The van der Waals surface area contributed by atoms with Crippen LogP contribution in [0.15, 0.2) is 6.07 Å². The topological polar surface area (TPSA) is 101 Å². The fourth-order valence-corrected chi connectivity index (χ4v) is 0.941. The molecule has 0 aromatic carbocycles. The zero-order valence-corrected chi connectivity index (χ0v) is 7.68. The zero-order chi connectivity index (χ0) is 10.7. The van der Waals surface area contributed by atoms with Gasteiger partial charge < -0.3 is 15.2 Å². The molecular weight excluding hydrogens is 190 g/mol. The predicted molar refractivity (Wildman–Crippen MR) is 48.4 cm³/mol. The largest absolute Gasteiger partial charge is 0.481 e. The Labute approximate surface area is 79.6 Å². The van der Waals surface area contributed by atoms with Gasteiger partial charge in [0, 0.05) is 6.07 Å². The molecule has 7 nitrogen and oxygen atoms in total. The molecule has 0 atom stereocenters. The molecule has 14 heavy (non-hydrogen) atoms. The second kappa shape index (κ2) is 3.77. The molecule has 0 radical (unpaired) electrons. The van der Waals surface area contributed by atoms with Gasteiger partial charge in [0.25, 0.3) is 5.88 Å². The van der Waals surface area contributed by atoms with Crippen molar-refractivity contribution in [2.75, 3.05) is 20.0 Å². The van der Waals surface area contributed by atoms with Gasteiger partial charge in [-0.1, -0.05) is 0 Å². The Hall–Kier alpha value is -2.05. The molecule has 1 aromatic rings. The number of aromatic nitrogens is 1. The Morgan fingerprint density at radius 1 is 1.50 bits per heavy atom. The van der Waals surface area contributed by atoms with Crippen LogP contribution in [0.3, 0.4) is 0 Å². The van der Waals surface area contributed by atoms with Gasteiger partial charge in [-0.2, -0.15) is 4.98 Å². The number of nitrogen functional groups attached to an aromatic ring is 1. The van der Waals surface area contributed by atoms with Crippen LogP contribution in [0.25, 0.3) is 0 Å². The molecule has 0 saturated carbocycles. The number of anilines is 1. The lowest BCUT2D eigenvalue weighted by atomic mass is 10.3. The minimum absolute atomic E-state index is 0.0429. The highest BCUT2D eigenvalue weighted by Crippen LogP contribution is 2.33. The number of nitrogens with zero attached hydrogens (tertiary/aromatic N) is 2. The van der Waals surface area contributed by atoms with Crippen molar-refractivity contribution in [3.8, 4) is 11.8 Å². The van der Waals surface area contributed by atoms with Crippen molar-refractivity contribution in [3.05, 3.63) is 16.2 Å². The van der Waals surface area contributed by atoms with E-state index >= 15 is 0 Å². The summed E-state index contributed by atoms with van der Waals surface area (Å²) in [4.78, 5) is 13.6. The average molecular weight is 199 g/mol. The average Bonchev–Trinajstić information content (AvgIpc) is 2.15. The van der Waals surface area contributed by atoms with Gasteiger partial charge in [-0.05, 0) is 0 Å². The summed E-state index contributed by atoms with van der Waals surface area (Å²) in [6, 6.07) is 1.26. The van der Waals surface area contributed by atoms with Gasteiger partial charge in [-0.3, -0.25) is 10.1 Å². The maximum Gasteiger partial charge on any atom is 0.353 e. The van der Waals surface area contributed by atoms with E-state index in [-0.39, 0.29) is 23.1 Å². The summed E-state index contributed by atoms with van der Waals surface area (Å²) in [5, 5.41) is 10.6. The monoisotopic (exact) mass is 199 g/mol. The molecule has 7 heteroatoms. The summed E-state index contributed by atoms with van der Waals surface area (Å²) in [6.07, 6.45) is 0. The summed E-state index contributed by atoms with van der Waals surface area (Å²) in [7, 11) is 2.65. The highest BCUT2D eigenvalue weighted by atomic mass is 16.6. The van der Waals surface area contributed by atoms with Gasteiger partial charge in [-0.15, -0.1) is 0 Å². The highest BCUT2D eigenvalue weighted by molar-refractivity contribution is 5.64. The molecule has 0 bridgehead atoms. The van der Waals surface area contributed by atoms with Crippen LogP contribution in [0.1, 0.15) is 0 Å². The van der Waals surface area contributed by atoms with E-state index in [4.69, 9.17) is 15.2 Å². The van der Waals surface area contributed by atoms with Gasteiger partial charge >= 0.3 is 5.69 Å². The molecular formula is C7H9N3O4. The molecule has 1 aromatic heterocycles. The first kappa shape index (κ1) is 10.0. The first-order valence-electron chi connectivity index (χ1n) is 3.63. The van der Waals surface area contributed by atoms with Gasteiger partial charge in [0.1, 0.15) is 5.69 Å². The maximum atomic E-state index is 10.6. The molecule has 76 valence electrons. The lowest BCUT2D eigenvalue weighted by molar-refractivity contribution is -0.385. The van der Waals surface area contributed by atoms with Crippen molar-refractivity contribution in [2.24, 2.45) is 0 Å². The lowest BCUT2D eigenvalue weighted by Gasteiger charge is -2.05. The van der Waals surface area contributed by atoms with Gasteiger partial charge in [0.15, 0.2) is 0 Å². The fourth-order valence-electron chi connectivity index (χ4n) is 0.941. The smallest absolute Gasteiger partial charge is 0.353 e. The SMILES string of the molecule is COc1cc(N)c([N+](=O)[O-])c(OC)n1. The van der Waals surface area contributed by atoms with E-state index in [1.807, 2.05) is 0 Å². The van der Waals surface area contributed by atoms with Crippen molar-refractivity contribution in [2.45, 2.75) is 0 Å². The van der Waals surface area contributed by atoms with E-state index in [1.165, 1.54) is 20.3 Å². The molecule has 0 amide bonds. The Kier molecular flexibility index (Phi) is 2.70. The summed E-state index contributed by atoms with van der Waals surface area (Å²) in [5.74, 6) is 0.0109. The van der Waals surface area contributed by atoms with Crippen LogP contribution in [-0.2, 0) is 0 Å². The quantitative estimate of drug-likeness (QED) is 0.564. The maximum absolute atomic E-state index is 10.6. The highest BCUT2D eigenvalue weighted by Gasteiger charge is 2.22. The third-order valence-corrected chi connectivity index (χ3v) is 1.55. The fraction of sp³-hybridized carbons (Fsp3) is 0.286. The van der Waals surface area contributed by atoms with Crippen LogP contribution < -0.4 is 15.2 Å². The van der Waals surface area contributed by atoms with Crippen molar-refractivity contribution >= 4 is 11.4 Å². The molecule has 0 fully saturated rings. The zero-order valence-electron chi connectivity index (χ0n) is 7.68. The predicted octanol–water partition coefficient (Wildman–Crippen LogP) is 0.589. The molecule has 0 unspecified atom stereocenters. The number of rotatable bonds is 3. The van der Waals surface area contributed by atoms with Crippen LogP contribution >= 0.6 is 0 Å². The van der Waals surface area contributed by atoms with Crippen LogP contribution in [0.5, 0.6) is 11.8 Å². The molecule has 2 N–H and O–H groups in total. The van der Waals surface area contributed by atoms with E-state index in [1.54, 1.807) is 0 Å². The second-order valence-corrected chi connectivity index (χ2v) is 2.37. The van der Waals surface area contributed by atoms with Crippen molar-refractivity contribution in [1.82, 2.24) is 4.98 Å². The Morgan fingerprint density at radius 2 is 2.14 bits per heavy atom. The van der Waals surface area contributed by atoms with E-state index in [0.717, 1.165) is 0 Å². The first-order valence-corrected chi connectivity index (χ1v) is 3.63. The molecule has 0 aliphatic carbocycles. The molecule has 0 aliphatic rings. The molecule has 0 aliphatic heterocycles. The van der Waals surface area contributed by atoms with E-state index in [9.17, 15) is 10.1 Å². The molecule has 1 heterocycles. The Bertz CT molecular complexity index is 366. The normalized spacial score (nSPS) is 9.57. The third-order valence-electron chi connectivity index (χ3n) is 1.55. The van der Waals surface area contributed by atoms with Crippen molar-refractivity contribution in [1.29, 1.82) is 0 Å². The number of nitro groups is 1. The molecule has 1 rings (SSSR count). The minimum Gasteiger partial charge on any atom is -0.481 e. The van der Waals surface area contributed by atoms with Crippen molar-refractivity contribution < 1.29 is 14.4 Å². The standard InChI is InChI=1S/C7H9N3O4/c1-13-5-3-4(8)6(10(11)12)7(9-5)14-2/h3H,1-2H3,(H2,8,9). The summed E-state index contributed by atoms with van der Waals surface area (Å²) in [6.45, 7) is 0. The number of nitrogens with two attached hydrogens (primary N) is 1. The van der Waals surface area contributed by atoms with Crippen LogP contribution in [0.4, 0.5) is 11.4 Å². The van der Waals surface area contributed by atoms with Crippen molar-refractivity contribution in [3.63, 3.8) is 0 Å². The minimum atomic E-state index is -0.652. The third kappa shape index (κ3) is 1.65. The number of methoxy groups -OCH3 is 2. The number of ether oxygens (including phenoxy) is 2.